The van der Waals surface area contributed by atoms with Gasteiger partial charge in [-0.3, -0.25) is 4.79 Å². The average Bonchev–Trinajstić information content (AvgIpc) is 2.44. The maximum Gasteiger partial charge on any atom is 0.271 e. The molecule has 0 spiro atoms. The number of rotatable bonds is 5. The van der Waals surface area contributed by atoms with Crippen molar-refractivity contribution in [2.24, 2.45) is 0 Å². The van der Waals surface area contributed by atoms with E-state index < -0.39 is 0 Å². The Balaban J connectivity index is 2.53. The molecule has 0 amide bonds. The van der Waals surface area contributed by atoms with Crippen LogP contribution in [0.15, 0.2) is 41.2 Å². The van der Waals surface area contributed by atoms with Crippen molar-refractivity contribution < 1.29 is 0 Å². The molecule has 0 unspecified atom stereocenters. The van der Waals surface area contributed by atoms with Crippen LogP contribution in [0.5, 0.6) is 0 Å². The molecule has 100 valence electrons. The van der Waals surface area contributed by atoms with Crippen molar-refractivity contribution in [3.8, 4) is 11.3 Å². The molecule has 1 N–H and O–H groups in total. The summed E-state index contributed by atoms with van der Waals surface area (Å²) in [4.78, 5) is 12.2. The lowest BCUT2D eigenvalue weighted by atomic mass is 10.1. The summed E-state index contributed by atoms with van der Waals surface area (Å²) in [5, 5.41) is 7.48. The van der Waals surface area contributed by atoms with E-state index in [0.717, 1.165) is 23.2 Å². The highest BCUT2D eigenvalue weighted by Crippen LogP contribution is 2.15. The zero-order valence-corrected chi connectivity index (χ0v) is 11.4. The molecule has 4 nitrogen and oxygen atoms in total. The van der Waals surface area contributed by atoms with Crippen LogP contribution < -0.4 is 10.9 Å². The normalized spacial score (nSPS) is 10.6. The second-order valence-corrected chi connectivity index (χ2v) is 4.48. The van der Waals surface area contributed by atoms with E-state index >= 15 is 0 Å². The zero-order chi connectivity index (χ0) is 13.7. The van der Waals surface area contributed by atoms with Crippen LogP contribution in [-0.2, 0) is 13.1 Å². The largest absolute Gasteiger partial charge is 0.315 e. The van der Waals surface area contributed by atoms with Crippen LogP contribution in [0.3, 0.4) is 0 Å². The maximum absolute atomic E-state index is 12.2. The first-order valence-electron chi connectivity index (χ1n) is 6.57. The smallest absolute Gasteiger partial charge is 0.271 e. The summed E-state index contributed by atoms with van der Waals surface area (Å²) in [5.41, 5.74) is 2.63. The van der Waals surface area contributed by atoms with Gasteiger partial charge in [0.1, 0.15) is 0 Å². The number of benzene rings is 1. The topological polar surface area (TPSA) is 46.9 Å². The van der Waals surface area contributed by atoms with E-state index in [0.29, 0.717) is 13.1 Å². The van der Waals surface area contributed by atoms with Gasteiger partial charge in [0.15, 0.2) is 0 Å². The Bertz CT molecular complexity index is 560. The van der Waals surface area contributed by atoms with Gasteiger partial charge in [-0.1, -0.05) is 37.3 Å². The molecule has 0 bridgehead atoms. The van der Waals surface area contributed by atoms with Crippen molar-refractivity contribution in [2.45, 2.75) is 26.4 Å². The molecule has 0 saturated heterocycles. The fourth-order valence-corrected chi connectivity index (χ4v) is 2.03. The number of nitrogens with one attached hydrogen (secondary N) is 1. The standard InChI is InChI=1S/C15H19N3O/c1-3-9-18-15(19)13(11-16-2)10-14(17-18)12-7-5-4-6-8-12/h4-8,10,16H,3,9,11H2,1-2H3. The number of nitrogens with zero attached hydrogens (tertiary/aromatic N) is 2. The summed E-state index contributed by atoms with van der Waals surface area (Å²) in [7, 11) is 1.84. The second kappa shape index (κ2) is 6.29. The summed E-state index contributed by atoms with van der Waals surface area (Å²) in [5.74, 6) is 0. The van der Waals surface area contributed by atoms with E-state index in [2.05, 4.69) is 10.4 Å². The Morgan fingerprint density at radius 2 is 2.00 bits per heavy atom. The molecule has 0 atom stereocenters. The van der Waals surface area contributed by atoms with Gasteiger partial charge in [-0.2, -0.15) is 5.10 Å². The molecule has 1 heterocycles. The summed E-state index contributed by atoms with van der Waals surface area (Å²) in [6.07, 6.45) is 0.893. The maximum atomic E-state index is 12.2. The van der Waals surface area contributed by atoms with Crippen LogP contribution in [0, 0.1) is 0 Å². The third-order valence-electron chi connectivity index (χ3n) is 2.92. The van der Waals surface area contributed by atoms with E-state index in [1.807, 2.05) is 50.4 Å². The quantitative estimate of drug-likeness (QED) is 0.891. The molecular formula is C15H19N3O. The van der Waals surface area contributed by atoms with E-state index in [1.165, 1.54) is 0 Å². The van der Waals surface area contributed by atoms with Crippen LogP contribution >= 0.6 is 0 Å². The molecule has 2 rings (SSSR count). The first-order valence-corrected chi connectivity index (χ1v) is 6.57. The van der Waals surface area contributed by atoms with Crippen molar-refractivity contribution in [1.29, 1.82) is 0 Å². The Hall–Kier alpha value is -1.94. The van der Waals surface area contributed by atoms with E-state index in [-0.39, 0.29) is 5.56 Å². The van der Waals surface area contributed by atoms with Crippen molar-refractivity contribution in [3.05, 3.63) is 52.3 Å². The molecule has 2 aromatic rings. The number of hydrogen-bond acceptors (Lipinski definition) is 3. The van der Waals surface area contributed by atoms with Gasteiger partial charge < -0.3 is 5.32 Å². The van der Waals surface area contributed by atoms with E-state index in [1.54, 1.807) is 4.68 Å². The van der Waals surface area contributed by atoms with Crippen molar-refractivity contribution >= 4 is 0 Å². The van der Waals surface area contributed by atoms with Crippen LogP contribution in [0.4, 0.5) is 0 Å². The van der Waals surface area contributed by atoms with Crippen LogP contribution in [0.25, 0.3) is 11.3 Å². The SMILES string of the molecule is CCCn1nc(-c2ccccc2)cc(CNC)c1=O. The van der Waals surface area contributed by atoms with Gasteiger partial charge in [-0.15, -0.1) is 0 Å². The molecule has 0 saturated carbocycles. The molecule has 0 aliphatic heterocycles. The first kappa shape index (κ1) is 13.5. The van der Waals surface area contributed by atoms with E-state index in [9.17, 15) is 4.79 Å². The highest BCUT2D eigenvalue weighted by atomic mass is 16.1. The lowest BCUT2D eigenvalue weighted by Crippen LogP contribution is -2.28. The molecule has 0 aliphatic rings. The van der Waals surface area contributed by atoms with Gasteiger partial charge in [0.25, 0.3) is 5.56 Å². The van der Waals surface area contributed by atoms with Crippen LogP contribution in [-0.4, -0.2) is 16.8 Å². The van der Waals surface area contributed by atoms with Crippen molar-refractivity contribution in [3.63, 3.8) is 0 Å². The molecule has 0 radical (unpaired) electrons. The summed E-state index contributed by atoms with van der Waals surface area (Å²) >= 11 is 0. The lowest BCUT2D eigenvalue weighted by Gasteiger charge is -2.09. The first-order chi connectivity index (χ1) is 9.26. The Morgan fingerprint density at radius 1 is 1.26 bits per heavy atom. The van der Waals surface area contributed by atoms with Crippen molar-refractivity contribution in [1.82, 2.24) is 15.1 Å². The number of aryl methyl sites for hydroxylation is 1. The Labute approximate surface area is 113 Å². The monoisotopic (exact) mass is 257 g/mol. The second-order valence-electron chi connectivity index (χ2n) is 4.48. The Morgan fingerprint density at radius 3 is 2.63 bits per heavy atom. The summed E-state index contributed by atoms with van der Waals surface area (Å²) < 4.78 is 1.56. The molecular weight excluding hydrogens is 238 g/mol. The summed E-state index contributed by atoms with van der Waals surface area (Å²) in [6.45, 7) is 3.25. The van der Waals surface area contributed by atoms with Gasteiger partial charge in [-0.05, 0) is 19.5 Å². The lowest BCUT2D eigenvalue weighted by molar-refractivity contribution is 0.561. The fourth-order valence-electron chi connectivity index (χ4n) is 2.03. The Kier molecular flexibility index (Phi) is 4.47. The predicted octanol–water partition coefficient (Wildman–Crippen LogP) is 2.04. The number of aromatic nitrogens is 2. The molecule has 19 heavy (non-hydrogen) atoms. The highest BCUT2D eigenvalue weighted by Gasteiger charge is 2.08. The van der Waals surface area contributed by atoms with Crippen LogP contribution in [0.2, 0.25) is 0 Å². The van der Waals surface area contributed by atoms with Gasteiger partial charge in [0.2, 0.25) is 0 Å². The third-order valence-corrected chi connectivity index (χ3v) is 2.92. The van der Waals surface area contributed by atoms with Crippen LogP contribution in [0.1, 0.15) is 18.9 Å². The molecule has 1 aromatic carbocycles. The average molecular weight is 257 g/mol. The minimum atomic E-state index is -0.00381. The van der Waals surface area contributed by atoms with E-state index in [4.69, 9.17) is 0 Å². The zero-order valence-electron chi connectivity index (χ0n) is 11.4. The van der Waals surface area contributed by atoms with Gasteiger partial charge in [0, 0.05) is 24.2 Å². The molecule has 1 aromatic heterocycles. The minimum absolute atomic E-state index is 0.00381. The summed E-state index contributed by atoms with van der Waals surface area (Å²) in [6, 6.07) is 11.8. The van der Waals surface area contributed by atoms with Gasteiger partial charge >= 0.3 is 0 Å². The van der Waals surface area contributed by atoms with Crippen molar-refractivity contribution in [2.75, 3.05) is 7.05 Å². The fraction of sp³-hybridized carbons (Fsp3) is 0.333. The third kappa shape index (κ3) is 3.09. The van der Waals surface area contributed by atoms with Gasteiger partial charge in [0.05, 0.1) is 5.69 Å². The predicted molar refractivity (Wildman–Crippen MR) is 77.0 cm³/mol. The van der Waals surface area contributed by atoms with Gasteiger partial charge in [-0.25, -0.2) is 4.68 Å². The molecule has 4 heteroatoms. The number of hydrogen-bond donors (Lipinski definition) is 1. The highest BCUT2D eigenvalue weighted by molar-refractivity contribution is 5.58. The minimum Gasteiger partial charge on any atom is -0.315 e. The molecule has 0 aliphatic carbocycles. The molecule has 0 fully saturated rings.